The van der Waals surface area contributed by atoms with Gasteiger partial charge in [0.25, 0.3) is 5.91 Å². The molecule has 2 aromatic rings. The maximum atomic E-state index is 12.6. The maximum Gasteiger partial charge on any atom is 0.387 e. The highest BCUT2D eigenvalue weighted by Crippen LogP contribution is 2.29. The van der Waals surface area contributed by atoms with E-state index in [1.165, 1.54) is 18.2 Å². The Morgan fingerprint density at radius 3 is 2.77 bits per heavy atom. The topological polar surface area (TPSA) is 63.7 Å². The zero-order valence-electron chi connectivity index (χ0n) is 13.6. The van der Waals surface area contributed by atoms with Crippen LogP contribution in [0, 0.1) is 0 Å². The molecule has 9 heteroatoms. The molecule has 0 radical (unpaired) electrons. The summed E-state index contributed by atoms with van der Waals surface area (Å²) in [5.41, 5.74) is 0.761. The molecule has 1 aliphatic heterocycles. The van der Waals surface area contributed by atoms with Crippen LogP contribution in [0.5, 0.6) is 5.75 Å². The van der Waals surface area contributed by atoms with Crippen molar-refractivity contribution >= 4 is 29.0 Å². The van der Waals surface area contributed by atoms with E-state index < -0.39 is 6.61 Å². The number of ether oxygens (including phenoxy) is 2. The number of hydrogen-bond acceptors (Lipinski definition) is 5. The molecule has 26 heavy (non-hydrogen) atoms. The van der Waals surface area contributed by atoms with Gasteiger partial charge in [0.2, 0.25) is 0 Å². The van der Waals surface area contributed by atoms with Gasteiger partial charge in [-0.15, -0.1) is 0 Å². The average molecular weight is 384 g/mol. The molecule has 0 aliphatic carbocycles. The van der Waals surface area contributed by atoms with Crippen LogP contribution in [0.4, 0.5) is 20.3 Å². The fourth-order valence-electron chi connectivity index (χ4n) is 2.57. The number of anilines is 2. The molecule has 0 bridgehead atoms. The van der Waals surface area contributed by atoms with E-state index >= 15 is 0 Å². The largest absolute Gasteiger partial charge is 0.433 e. The Bertz CT molecular complexity index is 786. The quantitative estimate of drug-likeness (QED) is 0.857. The predicted octanol–water partition coefficient (Wildman–Crippen LogP) is 3.43. The molecule has 138 valence electrons. The molecule has 1 N–H and O–H groups in total. The summed E-state index contributed by atoms with van der Waals surface area (Å²) < 4.78 is 34.2. The molecule has 2 heterocycles. The van der Waals surface area contributed by atoms with Crippen molar-refractivity contribution in [2.24, 2.45) is 0 Å². The fraction of sp³-hybridized carbons (Fsp3) is 0.294. The number of morpholine rings is 1. The Hall–Kier alpha value is -2.45. The highest BCUT2D eigenvalue weighted by Gasteiger charge is 2.20. The summed E-state index contributed by atoms with van der Waals surface area (Å²) in [6.07, 6.45) is 1.62. The SMILES string of the molecule is O=C(Nc1ccc(OC(F)F)c(Cl)c1)c1cccnc1N1CCOCC1. The van der Waals surface area contributed by atoms with Crippen molar-refractivity contribution < 1.29 is 23.0 Å². The second kappa shape index (κ2) is 8.29. The van der Waals surface area contributed by atoms with Crippen LogP contribution in [-0.2, 0) is 4.74 Å². The van der Waals surface area contributed by atoms with Crippen molar-refractivity contribution in [2.45, 2.75) is 6.61 Å². The van der Waals surface area contributed by atoms with E-state index in [2.05, 4.69) is 15.0 Å². The Morgan fingerprint density at radius 2 is 2.08 bits per heavy atom. The number of hydrogen-bond donors (Lipinski definition) is 1. The monoisotopic (exact) mass is 383 g/mol. The Kier molecular flexibility index (Phi) is 5.85. The van der Waals surface area contributed by atoms with Gasteiger partial charge in [0.05, 0.1) is 23.8 Å². The van der Waals surface area contributed by atoms with Crippen LogP contribution < -0.4 is 15.0 Å². The third-order valence-corrected chi connectivity index (χ3v) is 4.04. The van der Waals surface area contributed by atoms with E-state index in [0.717, 1.165) is 0 Å². The second-order valence-electron chi connectivity index (χ2n) is 5.45. The Labute approximate surface area is 153 Å². The minimum Gasteiger partial charge on any atom is -0.433 e. The highest BCUT2D eigenvalue weighted by molar-refractivity contribution is 6.32. The van der Waals surface area contributed by atoms with Crippen molar-refractivity contribution in [3.05, 3.63) is 47.1 Å². The third-order valence-electron chi connectivity index (χ3n) is 3.75. The smallest absolute Gasteiger partial charge is 0.387 e. The van der Waals surface area contributed by atoms with Gasteiger partial charge in [-0.1, -0.05) is 11.6 Å². The molecule has 1 aliphatic rings. The van der Waals surface area contributed by atoms with Crippen molar-refractivity contribution in [1.82, 2.24) is 4.98 Å². The van der Waals surface area contributed by atoms with E-state index in [0.29, 0.717) is 43.4 Å². The minimum absolute atomic E-state index is 0.0253. The van der Waals surface area contributed by atoms with Crippen LogP contribution in [-0.4, -0.2) is 43.8 Å². The number of alkyl halides is 2. The van der Waals surface area contributed by atoms with E-state index in [1.807, 2.05) is 4.90 Å². The van der Waals surface area contributed by atoms with E-state index in [1.54, 1.807) is 18.3 Å². The molecular weight excluding hydrogens is 368 g/mol. The first-order valence-electron chi connectivity index (χ1n) is 7.88. The first kappa shape index (κ1) is 18.3. The van der Waals surface area contributed by atoms with Crippen LogP contribution >= 0.6 is 11.6 Å². The summed E-state index contributed by atoms with van der Waals surface area (Å²) in [7, 11) is 0. The first-order chi connectivity index (χ1) is 12.5. The lowest BCUT2D eigenvalue weighted by Crippen LogP contribution is -2.38. The molecule has 0 atom stereocenters. The van der Waals surface area contributed by atoms with Gasteiger partial charge in [-0.3, -0.25) is 4.79 Å². The molecule has 1 aromatic carbocycles. The molecule has 0 unspecified atom stereocenters. The number of rotatable bonds is 5. The summed E-state index contributed by atoms with van der Waals surface area (Å²) in [5, 5.41) is 2.67. The molecule has 1 saturated heterocycles. The Balaban J connectivity index is 1.77. The van der Waals surface area contributed by atoms with Gasteiger partial charge in [0, 0.05) is 25.0 Å². The predicted molar refractivity (Wildman–Crippen MR) is 93.3 cm³/mol. The van der Waals surface area contributed by atoms with Crippen LogP contribution in [0.2, 0.25) is 5.02 Å². The van der Waals surface area contributed by atoms with Crippen molar-refractivity contribution in [3.8, 4) is 5.75 Å². The second-order valence-corrected chi connectivity index (χ2v) is 5.86. The number of pyridine rings is 1. The van der Waals surface area contributed by atoms with Crippen molar-refractivity contribution in [3.63, 3.8) is 0 Å². The van der Waals surface area contributed by atoms with E-state index in [-0.39, 0.29) is 16.7 Å². The Morgan fingerprint density at radius 1 is 1.31 bits per heavy atom. The molecule has 6 nitrogen and oxygen atoms in total. The van der Waals surface area contributed by atoms with E-state index in [9.17, 15) is 13.6 Å². The molecule has 0 spiro atoms. The molecule has 1 aromatic heterocycles. The highest BCUT2D eigenvalue weighted by atomic mass is 35.5. The molecule has 3 rings (SSSR count). The summed E-state index contributed by atoms with van der Waals surface area (Å²) in [6.45, 7) is -0.553. The van der Waals surface area contributed by atoms with E-state index in [4.69, 9.17) is 16.3 Å². The number of benzene rings is 1. The minimum atomic E-state index is -2.97. The van der Waals surface area contributed by atoms with Gasteiger partial charge in [0.15, 0.2) is 0 Å². The van der Waals surface area contributed by atoms with Gasteiger partial charge < -0.3 is 19.7 Å². The number of amides is 1. The van der Waals surface area contributed by atoms with Crippen LogP contribution in [0.1, 0.15) is 10.4 Å². The lowest BCUT2D eigenvalue weighted by Gasteiger charge is -2.29. The first-order valence-corrected chi connectivity index (χ1v) is 8.26. The summed E-state index contributed by atoms with van der Waals surface area (Å²) in [5.74, 6) is 0.0327. The fourth-order valence-corrected chi connectivity index (χ4v) is 2.80. The van der Waals surface area contributed by atoms with Crippen molar-refractivity contribution in [1.29, 1.82) is 0 Å². The maximum absolute atomic E-state index is 12.6. The number of halogens is 3. The third kappa shape index (κ3) is 4.39. The van der Waals surface area contributed by atoms with Crippen molar-refractivity contribution in [2.75, 3.05) is 36.5 Å². The van der Waals surface area contributed by atoms with Crippen LogP contribution in [0.3, 0.4) is 0 Å². The van der Waals surface area contributed by atoms with Crippen LogP contribution in [0.15, 0.2) is 36.5 Å². The van der Waals surface area contributed by atoms with Crippen LogP contribution in [0.25, 0.3) is 0 Å². The number of carbonyl (C=O) groups excluding carboxylic acids is 1. The molecular formula is C17H16ClF2N3O3. The normalized spacial score (nSPS) is 14.4. The average Bonchev–Trinajstić information content (AvgIpc) is 2.64. The summed E-state index contributed by atoms with van der Waals surface area (Å²) >= 11 is 5.91. The lowest BCUT2D eigenvalue weighted by atomic mass is 10.2. The molecule has 1 fully saturated rings. The number of nitrogens with zero attached hydrogens (tertiary/aromatic N) is 2. The van der Waals surface area contributed by atoms with Gasteiger partial charge in [-0.05, 0) is 30.3 Å². The van der Waals surface area contributed by atoms with Gasteiger partial charge in [0.1, 0.15) is 11.6 Å². The van der Waals surface area contributed by atoms with Gasteiger partial charge >= 0.3 is 6.61 Å². The van der Waals surface area contributed by atoms with Gasteiger partial charge in [-0.25, -0.2) is 4.98 Å². The summed E-state index contributed by atoms with van der Waals surface area (Å²) in [4.78, 5) is 18.9. The lowest BCUT2D eigenvalue weighted by molar-refractivity contribution is -0.0497. The molecule has 1 amide bonds. The number of nitrogens with one attached hydrogen (secondary N) is 1. The number of aromatic nitrogens is 1. The standard InChI is InChI=1S/C17H16ClF2N3O3/c18-13-10-11(3-4-14(13)26-17(19)20)22-16(24)12-2-1-5-21-15(12)23-6-8-25-9-7-23/h1-5,10,17H,6-9H2,(H,22,24). The molecule has 0 saturated carbocycles. The zero-order chi connectivity index (χ0) is 18.5. The number of carbonyl (C=O) groups is 1. The summed E-state index contributed by atoms with van der Waals surface area (Å²) in [6, 6.07) is 7.40. The van der Waals surface area contributed by atoms with Gasteiger partial charge in [-0.2, -0.15) is 8.78 Å². The zero-order valence-corrected chi connectivity index (χ0v) is 14.4.